The Morgan fingerprint density at radius 2 is 2.05 bits per heavy atom. The minimum atomic E-state index is 0.106. The number of benzene rings is 1. The Labute approximate surface area is 137 Å². The maximum Gasteiger partial charge on any atom is 0.161 e. The largest absolute Gasteiger partial charge is 0.504 e. The first kappa shape index (κ1) is 15.8. The molecule has 1 heterocycles. The topological polar surface area (TPSA) is 67.3 Å². The van der Waals surface area contributed by atoms with Crippen molar-refractivity contribution in [3.05, 3.63) is 27.5 Å². The van der Waals surface area contributed by atoms with Gasteiger partial charge in [-0.3, -0.25) is 0 Å². The van der Waals surface area contributed by atoms with Crippen molar-refractivity contribution in [2.45, 2.75) is 20.3 Å². The molecule has 0 bridgehead atoms. The third-order valence-electron chi connectivity index (χ3n) is 3.04. The number of nitrogens with one attached hydrogen (secondary N) is 1. The fourth-order valence-electron chi connectivity index (χ4n) is 1.96. The summed E-state index contributed by atoms with van der Waals surface area (Å²) in [4.78, 5) is 9.19. The van der Waals surface area contributed by atoms with Crippen molar-refractivity contribution in [3.63, 3.8) is 0 Å². The molecule has 0 aliphatic carbocycles. The Bertz CT molecular complexity index is 647. The van der Waals surface area contributed by atoms with Gasteiger partial charge in [0.15, 0.2) is 17.3 Å². The standard InChI is InChI=1S/C15H18IN3O2/c1-4-10-13(16)15(17-5-2)19-14(18-10)9-6-7-11(20)12(8-9)21-3/h6-8,20H,4-5H2,1-3H3,(H,17,18,19). The zero-order valence-electron chi connectivity index (χ0n) is 12.3. The molecule has 5 nitrogen and oxygen atoms in total. The number of aromatic hydroxyl groups is 1. The number of halogens is 1. The lowest BCUT2D eigenvalue weighted by Gasteiger charge is -2.12. The van der Waals surface area contributed by atoms with Crippen molar-refractivity contribution >= 4 is 28.4 Å². The quantitative estimate of drug-likeness (QED) is 0.754. The maximum absolute atomic E-state index is 9.69. The average molecular weight is 399 g/mol. The average Bonchev–Trinajstić information content (AvgIpc) is 2.50. The van der Waals surface area contributed by atoms with Crippen molar-refractivity contribution in [3.8, 4) is 22.9 Å². The summed E-state index contributed by atoms with van der Waals surface area (Å²) in [5.74, 6) is 1.99. The van der Waals surface area contributed by atoms with Crippen LogP contribution in [-0.4, -0.2) is 28.7 Å². The smallest absolute Gasteiger partial charge is 0.161 e. The number of aryl methyl sites for hydroxylation is 1. The molecule has 1 aromatic heterocycles. The highest BCUT2D eigenvalue weighted by Crippen LogP contribution is 2.31. The summed E-state index contributed by atoms with van der Waals surface area (Å²) in [6, 6.07) is 5.12. The van der Waals surface area contributed by atoms with Gasteiger partial charge in [0.25, 0.3) is 0 Å². The van der Waals surface area contributed by atoms with Crippen LogP contribution in [-0.2, 0) is 6.42 Å². The summed E-state index contributed by atoms with van der Waals surface area (Å²) in [5.41, 5.74) is 1.82. The molecule has 2 N–H and O–H groups in total. The summed E-state index contributed by atoms with van der Waals surface area (Å²) in [7, 11) is 1.52. The van der Waals surface area contributed by atoms with Gasteiger partial charge in [-0.1, -0.05) is 6.92 Å². The zero-order chi connectivity index (χ0) is 15.4. The van der Waals surface area contributed by atoms with Crippen LogP contribution in [0.4, 0.5) is 5.82 Å². The highest BCUT2D eigenvalue weighted by molar-refractivity contribution is 14.1. The molecule has 0 unspecified atom stereocenters. The molecule has 21 heavy (non-hydrogen) atoms. The molecule has 0 fully saturated rings. The molecular formula is C15H18IN3O2. The van der Waals surface area contributed by atoms with E-state index in [2.05, 4.69) is 44.8 Å². The number of ether oxygens (including phenoxy) is 1. The van der Waals surface area contributed by atoms with Crippen LogP contribution in [0.15, 0.2) is 18.2 Å². The molecule has 0 radical (unpaired) electrons. The molecule has 112 valence electrons. The highest BCUT2D eigenvalue weighted by Gasteiger charge is 2.13. The van der Waals surface area contributed by atoms with Crippen LogP contribution in [0.5, 0.6) is 11.5 Å². The van der Waals surface area contributed by atoms with Crippen LogP contribution in [0.3, 0.4) is 0 Å². The van der Waals surface area contributed by atoms with E-state index in [1.807, 2.05) is 6.92 Å². The van der Waals surface area contributed by atoms with Crippen LogP contribution in [0.1, 0.15) is 19.5 Å². The van der Waals surface area contributed by atoms with Crippen molar-refractivity contribution in [1.29, 1.82) is 0 Å². The Kier molecular flexibility index (Phi) is 5.22. The van der Waals surface area contributed by atoms with Crippen molar-refractivity contribution in [2.24, 2.45) is 0 Å². The summed E-state index contributed by atoms with van der Waals surface area (Å²) < 4.78 is 6.19. The number of rotatable bonds is 5. The van der Waals surface area contributed by atoms with Gasteiger partial charge in [0.05, 0.1) is 16.4 Å². The number of phenolic OH excluding ortho intramolecular Hbond substituents is 1. The molecule has 2 aromatic rings. The lowest BCUT2D eigenvalue weighted by molar-refractivity contribution is 0.373. The van der Waals surface area contributed by atoms with Crippen LogP contribution in [0, 0.1) is 3.57 Å². The molecule has 0 saturated heterocycles. The van der Waals surface area contributed by atoms with Gasteiger partial charge >= 0.3 is 0 Å². The van der Waals surface area contributed by atoms with Gasteiger partial charge < -0.3 is 15.2 Å². The minimum absolute atomic E-state index is 0.106. The number of methoxy groups -OCH3 is 1. The molecule has 0 aliphatic rings. The SMILES string of the molecule is CCNc1nc(-c2ccc(O)c(OC)c2)nc(CC)c1I. The van der Waals surface area contributed by atoms with Crippen molar-refractivity contribution in [2.75, 3.05) is 19.0 Å². The van der Waals surface area contributed by atoms with Gasteiger partial charge in [0.1, 0.15) is 5.82 Å². The molecule has 0 spiro atoms. The second-order valence-corrected chi connectivity index (χ2v) is 5.51. The van der Waals surface area contributed by atoms with Gasteiger partial charge in [0.2, 0.25) is 0 Å². The number of nitrogens with zero attached hydrogens (tertiary/aromatic N) is 2. The second kappa shape index (κ2) is 6.93. The lowest BCUT2D eigenvalue weighted by atomic mass is 10.1. The third kappa shape index (κ3) is 3.37. The molecule has 2 rings (SSSR count). The zero-order valence-corrected chi connectivity index (χ0v) is 14.4. The number of phenols is 1. The Hall–Kier alpha value is -1.57. The van der Waals surface area contributed by atoms with E-state index < -0.39 is 0 Å². The lowest BCUT2D eigenvalue weighted by Crippen LogP contribution is -2.07. The molecule has 0 atom stereocenters. The Morgan fingerprint density at radius 3 is 2.67 bits per heavy atom. The highest BCUT2D eigenvalue weighted by atomic mass is 127. The van der Waals surface area contributed by atoms with Crippen molar-refractivity contribution < 1.29 is 9.84 Å². The second-order valence-electron chi connectivity index (χ2n) is 4.43. The number of anilines is 1. The van der Waals surface area contributed by atoms with Crippen LogP contribution in [0.25, 0.3) is 11.4 Å². The van der Waals surface area contributed by atoms with Gasteiger partial charge in [0, 0.05) is 12.1 Å². The summed E-state index contributed by atoms with van der Waals surface area (Å²) >= 11 is 2.27. The van der Waals surface area contributed by atoms with Crippen LogP contribution < -0.4 is 10.1 Å². The van der Waals surface area contributed by atoms with E-state index in [9.17, 15) is 5.11 Å². The van der Waals surface area contributed by atoms with Crippen LogP contribution >= 0.6 is 22.6 Å². The first-order valence-corrected chi connectivity index (χ1v) is 7.86. The molecule has 0 amide bonds. The number of aromatic nitrogens is 2. The predicted molar refractivity (Wildman–Crippen MR) is 91.9 cm³/mol. The summed E-state index contributed by atoms with van der Waals surface area (Å²) in [6.07, 6.45) is 0.835. The molecule has 0 aliphatic heterocycles. The predicted octanol–water partition coefficient (Wildman–Crippen LogP) is 3.46. The molecule has 0 saturated carbocycles. The Morgan fingerprint density at radius 1 is 1.29 bits per heavy atom. The van der Waals surface area contributed by atoms with E-state index in [-0.39, 0.29) is 5.75 Å². The fraction of sp³-hybridized carbons (Fsp3) is 0.333. The van der Waals surface area contributed by atoms with E-state index in [0.717, 1.165) is 33.6 Å². The minimum Gasteiger partial charge on any atom is -0.504 e. The van der Waals surface area contributed by atoms with E-state index >= 15 is 0 Å². The first-order chi connectivity index (χ1) is 10.1. The van der Waals surface area contributed by atoms with Gasteiger partial charge in [-0.25, -0.2) is 9.97 Å². The van der Waals surface area contributed by atoms with Crippen LogP contribution in [0.2, 0.25) is 0 Å². The third-order valence-corrected chi connectivity index (χ3v) is 4.17. The van der Waals surface area contributed by atoms with E-state index in [1.54, 1.807) is 18.2 Å². The molecule has 1 aromatic carbocycles. The van der Waals surface area contributed by atoms with Gasteiger partial charge in [-0.15, -0.1) is 0 Å². The van der Waals surface area contributed by atoms with E-state index in [1.165, 1.54) is 7.11 Å². The van der Waals surface area contributed by atoms with Gasteiger partial charge in [-0.05, 0) is 54.1 Å². The first-order valence-electron chi connectivity index (χ1n) is 6.78. The van der Waals surface area contributed by atoms with Gasteiger partial charge in [-0.2, -0.15) is 0 Å². The van der Waals surface area contributed by atoms with Crippen molar-refractivity contribution in [1.82, 2.24) is 9.97 Å². The number of hydrogen-bond acceptors (Lipinski definition) is 5. The molecular weight excluding hydrogens is 381 g/mol. The van der Waals surface area contributed by atoms with E-state index in [0.29, 0.717) is 11.6 Å². The fourth-order valence-corrected chi connectivity index (χ4v) is 2.77. The summed E-state index contributed by atoms with van der Waals surface area (Å²) in [5, 5.41) is 12.9. The molecule has 6 heteroatoms. The Balaban J connectivity index is 2.55. The monoisotopic (exact) mass is 399 g/mol. The maximum atomic E-state index is 9.69. The summed E-state index contributed by atoms with van der Waals surface area (Å²) in [6.45, 7) is 4.91. The normalized spacial score (nSPS) is 10.5. The number of hydrogen-bond donors (Lipinski definition) is 2. The van der Waals surface area contributed by atoms with E-state index in [4.69, 9.17) is 4.74 Å².